The summed E-state index contributed by atoms with van der Waals surface area (Å²) in [5.74, 6) is 0. The third-order valence-corrected chi connectivity index (χ3v) is 13.2. The van der Waals surface area contributed by atoms with Crippen molar-refractivity contribution in [3.8, 4) is 0 Å². The third kappa shape index (κ3) is 3.67. The average molecular weight is 401 g/mol. The van der Waals surface area contributed by atoms with Gasteiger partial charge in [-0.15, -0.1) is 0 Å². The zero-order valence-electron chi connectivity index (χ0n) is 15.6. The summed E-state index contributed by atoms with van der Waals surface area (Å²) in [5.41, 5.74) is 1.02. The van der Waals surface area contributed by atoms with E-state index >= 15 is 0 Å². The summed E-state index contributed by atoms with van der Waals surface area (Å²) in [5, 5.41) is 15.3. The Kier molecular flexibility index (Phi) is 5.98. The van der Waals surface area contributed by atoms with Gasteiger partial charge in [-0.2, -0.15) is 0 Å². The van der Waals surface area contributed by atoms with Gasteiger partial charge in [-0.25, -0.2) is 0 Å². The average Bonchev–Trinajstić information content (AvgIpc) is 2.79. The van der Waals surface area contributed by atoms with Crippen LogP contribution in [-0.4, -0.2) is 5.11 Å². The van der Waals surface area contributed by atoms with Crippen LogP contribution in [0.15, 0.2) is 115 Å². The SMILES string of the molecule is OCc1ccccc1P[P+](c1ccccc1)(c1ccccc1)c1ccccc1. The van der Waals surface area contributed by atoms with E-state index in [0.717, 1.165) is 5.56 Å². The maximum atomic E-state index is 9.94. The summed E-state index contributed by atoms with van der Waals surface area (Å²) in [6.45, 7) is -1.83. The van der Waals surface area contributed by atoms with Crippen LogP contribution in [0.5, 0.6) is 0 Å². The predicted octanol–water partition coefficient (Wildman–Crippen LogP) is 4.39. The molecule has 0 amide bonds. The molecular weight excluding hydrogens is 378 g/mol. The van der Waals surface area contributed by atoms with Gasteiger partial charge in [0.25, 0.3) is 0 Å². The fraction of sp³-hybridized carbons (Fsp3) is 0.0400. The number of aliphatic hydroxyl groups excluding tert-OH is 1. The van der Waals surface area contributed by atoms with E-state index in [2.05, 4.69) is 103 Å². The number of hydrogen-bond acceptors (Lipinski definition) is 1. The molecule has 4 aromatic carbocycles. The predicted molar refractivity (Wildman–Crippen MR) is 125 cm³/mol. The lowest BCUT2D eigenvalue weighted by Gasteiger charge is -2.28. The maximum Gasteiger partial charge on any atom is 0.131 e. The van der Waals surface area contributed by atoms with Crippen molar-refractivity contribution in [1.29, 1.82) is 0 Å². The lowest BCUT2D eigenvalue weighted by Crippen LogP contribution is -2.29. The minimum absolute atomic E-state index is 0.0710. The highest BCUT2D eigenvalue weighted by Crippen LogP contribution is 2.70. The summed E-state index contributed by atoms with van der Waals surface area (Å²) in [4.78, 5) is 0. The highest BCUT2D eigenvalue weighted by Gasteiger charge is 2.46. The van der Waals surface area contributed by atoms with Gasteiger partial charge in [0.1, 0.15) is 22.9 Å². The van der Waals surface area contributed by atoms with Crippen LogP contribution >= 0.6 is 15.2 Å². The molecule has 0 fully saturated rings. The molecule has 3 heteroatoms. The van der Waals surface area contributed by atoms with Crippen LogP contribution in [0.3, 0.4) is 0 Å². The first-order chi connectivity index (χ1) is 13.8. The molecule has 0 saturated heterocycles. The van der Waals surface area contributed by atoms with Crippen LogP contribution in [0.4, 0.5) is 0 Å². The van der Waals surface area contributed by atoms with E-state index in [-0.39, 0.29) is 6.61 Å². The van der Waals surface area contributed by atoms with E-state index in [1.807, 2.05) is 12.1 Å². The van der Waals surface area contributed by atoms with Crippen LogP contribution in [-0.2, 0) is 6.61 Å². The molecule has 0 aromatic heterocycles. The second-order valence-electron chi connectivity index (χ2n) is 6.60. The standard InChI is InChI=1S/C25H23OP2/c26-20-21-12-10-11-19-25(21)27-28(22-13-4-1-5-14-22,23-15-6-2-7-16-23)24-17-8-3-9-18-24/h1-19,26-27H,20H2/q+1. The van der Waals surface area contributed by atoms with E-state index in [4.69, 9.17) is 0 Å². The lowest BCUT2D eigenvalue weighted by molar-refractivity contribution is 0.283. The molecule has 1 unspecified atom stereocenters. The molecule has 0 spiro atoms. The Morgan fingerprint density at radius 3 is 1.36 bits per heavy atom. The van der Waals surface area contributed by atoms with Gasteiger partial charge in [0.05, 0.1) is 14.9 Å². The smallest absolute Gasteiger partial charge is 0.131 e. The Morgan fingerprint density at radius 2 is 0.929 bits per heavy atom. The minimum Gasteiger partial charge on any atom is -0.392 e. The van der Waals surface area contributed by atoms with Crippen molar-refractivity contribution in [2.75, 3.05) is 0 Å². The first-order valence-corrected chi connectivity index (χ1v) is 13.0. The van der Waals surface area contributed by atoms with Gasteiger partial charge in [-0.3, -0.25) is 0 Å². The molecule has 0 radical (unpaired) electrons. The summed E-state index contributed by atoms with van der Waals surface area (Å²) in [6, 6.07) is 41.0. The normalized spacial score (nSPS) is 11.8. The molecule has 1 N–H and O–H groups in total. The highest BCUT2D eigenvalue weighted by molar-refractivity contribution is 8.44. The third-order valence-electron chi connectivity index (χ3n) is 4.91. The molecule has 138 valence electrons. The van der Waals surface area contributed by atoms with Crippen molar-refractivity contribution >= 4 is 36.4 Å². The summed E-state index contributed by atoms with van der Waals surface area (Å²) >= 11 is 0. The van der Waals surface area contributed by atoms with Gasteiger partial charge < -0.3 is 5.11 Å². The van der Waals surface area contributed by atoms with Crippen LogP contribution in [0.1, 0.15) is 5.56 Å². The number of hydrogen-bond donors (Lipinski definition) is 1. The van der Waals surface area contributed by atoms with Crippen LogP contribution in [0.2, 0.25) is 0 Å². The first-order valence-electron chi connectivity index (χ1n) is 9.37. The van der Waals surface area contributed by atoms with Crippen molar-refractivity contribution < 1.29 is 5.11 Å². The molecule has 4 rings (SSSR count). The van der Waals surface area contributed by atoms with Crippen molar-refractivity contribution in [3.63, 3.8) is 0 Å². The number of rotatable bonds is 6. The number of benzene rings is 4. The highest BCUT2D eigenvalue weighted by atomic mass is 32.1. The Bertz CT molecular complexity index is 921. The molecule has 0 saturated carbocycles. The lowest BCUT2D eigenvalue weighted by atomic mass is 10.2. The fourth-order valence-electron chi connectivity index (χ4n) is 3.54. The fourth-order valence-corrected chi connectivity index (χ4v) is 11.8. The van der Waals surface area contributed by atoms with Gasteiger partial charge in [-0.1, -0.05) is 78.9 Å². The molecule has 1 nitrogen and oxygen atoms in total. The Hall–Kier alpha value is -2.30. The molecule has 4 aromatic rings. The maximum absolute atomic E-state index is 9.94. The van der Waals surface area contributed by atoms with Crippen molar-refractivity contribution in [2.45, 2.75) is 6.61 Å². The van der Waals surface area contributed by atoms with Crippen molar-refractivity contribution in [2.24, 2.45) is 0 Å². The Morgan fingerprint density at radius 1 is 0.536 bits per heavy atom. The van der Waals surface area contributed by atoms with Crippen molar-refractivity contribution in [3.05, 3.63) is 121 Å². The van der Waals surface area contributed by atoms with Gasteiger partial charge in [0, 0.05) is 5.30 Å². The van der Waals surface area contributed by atoms with E-state index in [1.54, 1.807) is 0 Å². The molecule has 0 aliphatic rings. The second-order valence-corrected chi connectivity index (χ2v) is 12.9. The van der Waals surface area contributed by atoms with Crippen LogP contribution in [0, 0.1) is 0 Å². The van der Waals surface area contributed by atoms with Gasteiger partial charge >= 0.3 is 0 Å². The van der Waals surface area contributed by atoms with E-state index in [9.17, 15) is 5.11 Å². The molecule has 0 heterocycles. The quantitative estimate of drug-likeness (QED) is 0.475. The molecule has 1 atom stereocenters. The molecule has 28 heavy (non-hydrogen) atoms. The second kappa shape index (κ2) is 8.80. The molecule has 0 aliphatic carbocycles. The van der Waals surface area contributed by atoms with Gasteiger partial charge in [-0.05, 0) is 42.0 Å². The molecule has 0 bridgehead atoms. The summed E-state index contributed by atoms with van der Waals surface area (Å²) < 4.78 is 0. The van der Waals surface area contributed by atoms with Crippen LogP contribution in [0.25, 0.3) is 0 Å². The van der Waals surface area contributed by atoms with Gasteiger partial charge in [0.2, 0.25) is 0 Å². The first kappa shape index (κ1) is 19.0. The number of aliphatic hydroxyl groups is 1. The molecule has 0 aliphatic heterocycles. The zero-order valence-corrected chi connectivity index (χ0v) is 17.5. The van der Waals surface area contributed by atoms with E-state index in [1.165, 1.54) is 21.2 Å². The van der Waals surface area contributed by atoms with Crippen LogP contribution < -0.4 is 21.2 Å². The largest absolute Gasteiger partial charge is 0.392 e. The van der Waals surface area contributed by atoms with Gasteiger partial charge in [0.15, 0.2) is 0 Å². The van der Waals surface area contributed by atoms with Crippen molar-refractivity contribution in [1.82, 2.24) is 0 Å². The summed E-state index contributed by atoms with van der Waals surface area (Å²) in [7, 11) is 0.555. The zero-order chi connectivity index (χ0) is 19.2. The van der Waals surface area contributed by atoms with E-state index in [0.29, 0.717) is 8.27 Å². The Labute approximate surface area is 169 Å². The monoisotopic (exact) mass is 401 g/mol. The van der Waals surface area contributed by atoms with E-state index < -0.39 is 6.95 Å². The minimum atomic E-state index is -1.90. The Balaban J connectivity index is 2.01. The molecular formula is C25H23OP2+. The summed E-state index contributed by atoms with van der Waals surface area (Å²) in [6.07, 6.45) is 0. The topological polar surface area (TPSA) is 20.2 Å².